The predicted molar refractivity (Wildman–Crippen MR) is 109 cm³/mol. The Balaban J connectivity index is 0.00000182. The normalized spacial score (nSPS) is 14.6. The first kappa shape index (κ1) is 22.7. The highest BCUT2D eigenvalue weighted by atomic mass is 35.5. The Hall–Kier alpha value is -2.35. The van der Waals surface area contributed by atoms with Crippen molar-refractivity contribution in [2.24, 2.45) is 11.5 Å². The molecule has 9 heteroatoms. The van der Waals surface area contributed by atoms with E-state index in [-0.39, 0.29) is 30.7 Å². The average Bonchev–Trinajstić information content (AvgIpc) is 2.67. The van der Waals surface area contributed by atoms with E-state index in [9.17, 15) is 9.59 Å². The number of anilines is 1. The molecule has 1 aromatic heterocycles. The van der Waals surface area contributed by atoms with Crippen molar-refractivity contribution in [3.63, 3.8) is 0 Å². The number of primary amides is 1. The van der Waals surface area contributed by atoms with Gasteiger partial charge in [-0.05, 0) is 17.7 Å². The Kier molecular flexibility index (Phi) is 8.49. The number of benzene rings is 1. The van der Waals surface area contributed by atoms with Gasteiger partial charge in [-0.25, -0.2) is 4.98 Å². The summed E-state index contributed by atoms with van der Waals surface area (Å²) in [6.07, 6.45) is 1.63. The van der Waals surface area contributed by atoms with Crippen LogP contribution < -0.4 is 16.4 Å². The van der Waals surface area contributed by atoms with Crippen LogP contribution in [-0.2, 0) is 4.79 Å². The lowest BCUT2D eigenvalue weighted by atomic mass is 10.1. The lowest BCUT2D eigenvalue weighted by molar-refractivity contribution is -0.133. The van der Waals surface area contributed by atoms with Crippen LogP contribution in [0.15, 0.2) is 48.7 Å². The van der Waals surface area contributed by atoms with E-state index < -0.39 is 11.9 Å². The molecule has 4 N–H and O–H groups in total. The zero-order valence-corrected chi connectivity index (χ0v) is 16.3. The van der Waals surface area contributed by atoms with Gasteiger partial charge in [-0.1, -0.05) is 30.3 Å². The topological polar surface area (TPSA) is 106 Å². The summed E-state index contributed by atoms with van der Waals surface area (Å²) < 4.78 is 0. The summed E-state index contributed by atoms with van der Waals surface area (Å²) in [5.74, 6) is -0.0378. The molecule has 1 aliphatic heterocycles. The summed E-state index contributed by atoms with van der Waals surface area (Å²) in [4.78, 5) is 32.2. The second kappa shape index (κ2) is 10.1. The van der Waals surface area contributed by atoms with Crippen LogP contribution in [0.2, 0.25) is 0 Å². The molecule has 1 aromatic carbocycles. The van der Waals surface area contributed by atoms with Gasteiger partial charge in [0, 0.05) is 32.4 Å². The number of nitrogens with zero attached hydrogens (tertiary/aromatic N) is 3. The maximum absolute atomic E-state index is 12.6. The van der Waals surface area contributed by atoms with Gasteiger partial charge in [-0.3, -0.25) is 9.59 Å². The highest BCUT2D eigenvalue weighted by Crippen LogP contribution is 2.20. The fourth-order valence-corrected chi connectivity index (χ4v) is 2.98. The molecular weight excluding hydrogens is 389 g/mol. The summed E-state index contributed by atoms with van der Waals surface area (Å²) in [5.41, 5.74) is 12.7. The van der Waals surface area contributed by atoms with Crippen molar-refractivity contribution in [1.82, 2.24) is 9.88 Å². The van der Waals surface area contributed by atoms with E-state index in [4.69, 9.17) is 11.5 Å². The van der Waals surface area contributed by atoms with Crippen molar-refractivity contribution in [3.05, 3.63) is 59.8 Å². The summed E-state index contributed by atoms with van der Waals surface area (Å²) in [6, 6.07) is 12.0. The third-order valence-electron chi connectivity index (χ3n) is 4.37. The summed E-state index contributed by atoms with van der Waals surface area (Å²) >= 11 is 0. The highest BCUT2D eigenvalue weighted by Gasteiger charge is 2.27. The number of piperazine rings is 1. The third-order valence-corrected chi connectivity index (χ3v) is 4.37. The standard InChI is InChI=1S/C18H21N5O2.2ClH/c19-15(13-5-2-1-3-6-13)18(25)23-11-9-22(10-12-23)17-14(16(20)24)7-4-8-21-17;;/h1-8,15H,9-12,19H2,(H2,20,24);2*1H. The molecule has 27 heavy (non-hydrogen) atoms. The van der Waals surface area contributed by atoms with Gasteiger partial charge in [-0.15, -0.1) is 24.8 Å². The summed E-state index contributed by atoms with van der Waals surface area (Å²) in [7, 11) is 0. The molecule has 0 bridgehead atoms. The van der Waals surface area contributed by atoms with Gasteiger partial charge in [-0.2, -0.15) is 0 Å². The van der Waals surface area contributed by atoms with Crippen LogP contribution in [0, 0.1) is 0 Å². The van der Waals surface area contributed by atoms with Crippen LogP contribution >= 0.6 is 24.8 Å². The Morgan fingerprint density at radius 3 is 2.19 bits per heavy atom. The second-order valence-corrected chi connectivity index (χ2v) is 5.94. The summed E-state index contributed by atoms with van der Waals surface area (Å²) in [5, 5.41) is 0. The molecule has 1 atom stereocenters. The van der Waals surface area contributed by atoms with E-state index in [1.165, 1.54) is 0 Å². The SMILES string of the molecule is Cl.Cl.NC(=O)c1cccnc1N1CCN(C(=O)C(N)c2ccccc2)CC1. The largest absolute Gasteiger partial charge is 0.365 e. The number of halogens is 2. The third kappa shape index (κ3) is 5.09. The molecule has 1 fully saturated rings. The van der Waals surface area contributed by atoms with Crippen molar-refractivity contribution in [2.45, 2.75) is 6.04 Å². The number of aromatic nitrogens is 1. The van der Waals surface area contributed by atoms with Crippen molar-refractivity contribution < 1.29 is 9.59 Å². The maximum atomic E-state index is 12.6. The molecule has 1 aliphatic rings. The smallest absolute Gasteiger partial charge is 0.252 e. The van der Waals surface area contributed by atoms with E-state index >= 15 is 0 Å². The molecule has 2 heterocycles. The van der Waals surface area contributed by atoms with E-state index in [1.807, 2.05) is 35.2 Å². The molecule has 146 valence electrons. The highest BCUT2D eigenvalue weighted by molar-refractivity contribution is 5.97. The average molecular weight is 412 g/mol. The van der Waals surface area contributed by atoms with Crippen molar-refractivity contribution in [1.29, 1.82) is 0 Å². The van der Waals surface area contributed by atoms with Gasteiger partial charge < -0.3 is 21.3 Å². The van der Waals surface area contributed by atoms with Crippen LogP contribution in [0.4, 0.5) is 5.82 Å². The van der Waals surface area contributed by atoms with Gasteiger partial charge >= 0.3 is 0 Å². The Bertz CT molecular complexity index is 767. The molecule has 3 rings (SSSR count). The molecule has 1 unspecified atom stereocenters. The first-order valence-electron chi connectivity index (χ1n) is 8.17. The van der Waals surface area contributed by atoms with Crippen LogP contribution in [0.5, 0.6) is 0 Å². The molecule has 1 saturated heterocycles. The number of carbonyl (C=O) groups is 2. The number of pyridine rings is 1. The fraction of sp³-hybridized carbons (Fsp3) is 0.278. The van der Waals surface area contributed by atoms with Crippen molar-refractivity contribution >= 4 is 42.4 Å². The van der Waals surface area contributed by atoms with Crippen LogP contribution in [0.25, 0.3) is 0 Å². The fourth-order valence-electron chi connectivity index (χ4n) is 2.98. The summed E-state index contributed by atoms with van der Waals surface area (Å²) in [6.45, 7) is 2.19. The quantitative estimate of drug-likeness (QED) is 0.789. The second-order valence-electron chi connectivity index (χ2n) is 5.94. The van der Waals surface area contributed by atoms with Crippen LogP contribution in [-0.4, -0.2) is 47.9 Å². The Morgan fingerprint density at radius 1 is 0.963 bits per heavy atom. The van der Waals surface area contributed by atoms with Crippen LogP contribution in [0.1, 0.15) is 22.0 Å². The zero-order chi connectivity index (χ0) is 17.8. The number of amides is 2. The monoisotopic (exact) mass is 411 g/mol. The number of carbonyl (C=O) groups excluding carboxylic acids is 2. The van der Waals surface area contributed by atoms with E-state index in [1.54, 1.807) is 23.2 Å². The predicted octanol–water partition coefficient (Wildman–Crippen LogP) is 1.37. The van der Waals surface area contributed by atoms with Gasteiger partial charge in [0.15, 0.2) is 0 Å². The molecule has 7 nitrogen and oxygen atoms in total. The Morgan fingerprint density at radius 2 is 1.59 bits per heavy atom. The Labute approximate surface area is 170 Å². The molecule has 0 spiro atoms. The minimum Gasteiger partial charge on any atom is -0.365 e. The number of nitrogens with two attached hydrogens (primary N) is 2. The van der Waals surface area contributed by atoms with Gasteiger partial charge in [0.05, 0.1) is 5.56 Å². The minimum atomic E-state index is -0.663. The van der Waals surface area contributed by atoms with E-state index in [2.05, 4.69) is 4.98 Å². The van der Waals surface area contributed by atoms with Gasteiger partial charge in [0.2, 0.25) is 5.91 Å². The molecule has 0 saturated carbocycles. The first-order chi connectivity index (χ1) is 12.1. The number of hydrogen-bond donors (Lipinski definition) is 2. The zero-order valence-electron chi connectivity index (χ0n) is 14.7. The van der Waals surface area contributed by atoms with Crippen LogP contribution in [0.3, 0.4) is 0 Å². The maximum Gasteiger partial charge on any atom is 0.252 e. The van der Waals surface area contributed by atoms with Gasteiger partial charge in [0.25, 0.3) is 5.91 Å². The first-order valence-corrected chi connectivity index (χ1v) is 8.17. The number of hydrogen-bond acceptors (Lipinski definition) is 5. The van der Waals surface area contributed by atoms with Crippen molar-refractivity contribution in [3.8, 4) is 0 Å². The number of rotatable bonds is 4. The molecule has 2 amide bonds. The van der Waals surface area contributed by atoms with Crippen molar-refractivity contribution in [2.75, 3.05) is 31.1 Å². The molecule has 2 aromatic rings. The minimum absolute atomic E-state index is 0. The van der Waals surface area contributed by atoms with Gasteiger partial charge in [0.1, 0.15) is 11.9 Å². The molecule has 0 aliphatic carbocycles. The van der Waals surface area contributed by atoms with E-state index in [0.29, 0.717) is 37.6 Å². The molecular formula is C18H23Cl2N5O2. The molecule has 0 radical (unpaired) electrons. The lowest BCUT2D eigenvalue weighted by Crippen LogP contribution is -2.51. The van der Waals surface area contributed by atoms with E-state index in [0.717, 1.165) is 5.56 Å². The lowest BCUT2D eigenvalue weighted by Gasteiger charge is -2.37.